The molecule has 2 heterocycles. The highest BCUT2D eigenvalue weighted by molar-refractivity contribution is 7.89. The molecule has 0 saturated heterocycles. The van der Waals surface area contributed by atoms with Crippen LogP contribution in [0.1, 0.15) is 13.8 Å². The van der Waals surface area contributed by atoms with Crippen molar-refractivity contribution in [3.63, 3.8) is 0 Å². The third kappa shape index (κ3) is 4.74. The number of nitrogens with one attached hydrogen (secondary N) is 2. The number of methoxy groups -OCH3 is 1. The number of thiazole rings is 1. The van der Waals surface area contributed by atoms with Gasteiger partial charge in [0.2, 0.25) is 10.0 Å². The van der Waals surface area contributed by atoms with Crippen LogP contribution >= 0.6 is 11.3 Å². The molecule has 4 rings (SSSR count). The number of benzene rings is 2. The van der Waals surface area contributed by atoms with E-state index in [0.29, 0.717) is 41.2 Å². The SMILES string of the molecule is CCN(CC)S(=O)(=O)c1ccc(Nc2ncnc(Nc3nc4ccc(OC)cc4s3)c2N)cc1. The molecule has 0 radical (unpaired) electrons. The minimum absolute atomic E-state index is 0.229. The van der Waals surface area contributed by atoms with E-state index in [4.69, 9.17) is 10.5 Å². The molecule has 0 unspecified atom stereocenters. The Morgan fingerprint density at radius 1 is 1.03 bits per heavy atom. The summed E-state index contributed by atoms with van der Waals surface area (Å²) in [7, 11) is -1.90. The lowest BCUT2D eigenvalue weighted by Gasteiger charge is -2.18. The minimum Gasteiger partial charge on any atom is -0.497 e. The van der Waals surface area contributed by atoms with Crippen LogP contribution in [0.4, 0.5) is 28.1 Å². The zero-order valence-corrected chi connectivity index (χ0v) is 20.6. The molecule has 0 amide bonds. The fraction of sp³-hybridized carbons (Fsp3) is 0.227. The second-order valence-electron chi connectivity index (χ2n) is 7.20. The lowest BCUT2D eigenvalue weighted by Crippen LogP contribution is -2.30. The van der Waals surface area contributed by atoms with Gasteiger partial charge in [-0.15, -0.1) is 0 Å². The van der Waals surface area contributed by atoms with Gasteiger partial charge in [0.1, 0.15) is 17.8 Å². The van der Waals surface area contributed by atoms with Crippen LogP contribution < -0.4 is 21.1 Å². The first-order chi connectivity index (χ1) is 16.3. The second-order valence-corrected chi connectivity index (χ2v) is 10.2. The fourth-order valence-corrected chi connectivity index (χ4v) is 5.69. The van der Waals surface area contributed by atoms with Gasteiger partial charge in [-0.25, -0.2) is 23.4 Å². The van der Waals surface area contributed by atoms with E-state index >= 15 is 0 Å². The topological polar surface area (TPSA) is 135 Å². The molecule has 34 heavy (non-hydrogen) atoms. The van der Waals surface area contributed by atoms with Gasteiger partial charge < -0.3 is 21.1 Å². The van der Waals surface area contributed by atoms with Crippen molar-refractivity contribution in [1.29, 1.82) is 0 Å². The van der Waals surface area contributed by atoms with Gasteiger partial charge in [0.25, 0.3) is 0 Å². The van der Waals surface area contributed by atoms with Crippen LogP contribution in [0.2, 0.25) is 0 Å². The maximum atomic E-state index is 12.7. The molecule has 0 fully saturated rings. The zero-order chi connectivity index (χ0) is 24.3. The van der Waals surface area contributed by atoms with Crippen molar-refractivity contribution in [3.05, 3.63) is 48.8 Å². The molecule has 2 aromatic carbocycles. The van der Waals surface area contributed by atoms with Gasteiger partial charge in [0.15, 0.2) is 16.8 Å². The van der Waals surface area contributed by atoms with Crippen LogP contribution in [0, 0.1) is 0 Å². The molecule has 0 bridgehead atoms. The van der Waals surface area contributed by atoms with Gasteiger partial charge >= 0.3 is 0 Å². The summed E-state index contributed by atoms with van der Waals surface area (Å²) in [6.07, 6.45) is 1.39. The predicted octanol–water partition coefficient (Wildman–Crippen LogP) is 4.19. The molecule has 178 valence electrons. The Labute approximate surface area is 201 Å². The van der Waals surface area contributed by atoms with E-state index in [0.717, 1.165) is 16.0 Å². The molecule has 0 aliphatic rings. The van der Waals surface area contributed by atoms with E-state index in [1.165, 1.54) is 22.0 Å². The molecular formula is C22H25N7O3S2. The highest BCUT2D eigenvalue weighted by Gasteiger charge is 2.21. The Morgan fingerprint density at radius 2 is 1.71 bits per heavy atom. The van der Waals surface area contributed by atoms with Crippen molar-refractivity contribution in [3.8, 4) is 5.75 Å². The maximum Gasteiger partial charge on any atom is 0.243 e. The number of aromatic nitrogens is 3. The standard InChI is InChI=1S/C22H25N7O3S2/c1-4-29(5-2)34(30,31)16-9-6-14(7-10-16)26-20-19(23)21(25-13-24-20)28-22-27-17-11-8-15(32-3)12-18(17)33-22/h6-13H,4-5,23H2,1-3H3,(H2,24,25,26,27,28). The molecule has 4 aromatic rings. The highest BCUT2D eigenvalue weighted by atomic mass is 32.2. The van der Waals surface area contributed by atoms with Crippen LogP contribution in [0.15, 0.2) is 53.7 Å². The van der Waals surface area contributed by atoms with E-state index < -0.39 is 10.0 Å². The number of nitrogens with zero attached hydrogens (tertiary/aromatic N) is 4. The summed E-state index contributed by atoms with van der Waals surface area (Å²) in [5.74, 6) is 1.55. The lowest BCUT2D eigenvalue weighted by atomic mass is 10.3. The first kappa shape index (κ1) is 23.7. The minimum atomic E-state index is -3.52. The van der Waals surface area contributed by atoms with Crippen LogP contribution in [0.25, 0.3) is 10.2 Å². The largest absolute Gasteiger partial charge is 0.497 e. The van der Waals surface area contributed by atoms with Crippen molar-refractivity contribution in [1.82, 2.24) is 19.3 Å². The number of hydrogen-bond donors (Lipinski definition) is 3. The Morgan fingerprint density at radius 3 is 2.35 bits per heavy atom. The van der Waals surface area contributed by atoms with Gasteiger partial charge in [-0.3, -0.25) is 0 Å². The van der Waals surface area contributed by atoms with Crippen LogP contribution in [0.5, 0.6) is 5.75 Å². The number of nitrogens with two attached hydrogens (primary N) is 1. The molecule has 10 nitrogen and oxygen atoms in total. The van der Waals surface area contributed by atoms with Gasteiger partial charge in [0, 0.05) is 18.8 Å². The third-order valence-corrected chi connectivity index (χ3v) is 8.16. The van der Waals surface area contributed by atoms with Gasteiger partial charge in [0.05, 0.1) is 22.2 Å². The van der Waals surface area contributed by atoms with Gasteiger partial charge in [-0.05, 0) is 42.5 Å². The summed E-state index contributed by atoms with van der Waals surface area (Å²) in [4.78, 5) is 13.2. The Bertz CT molecular complexity index is 1400. The van der Waals surface area contributed by atoms with Crippen LogP contribution in [-0.2, 0) is 10.0 Å². The summed E-state index contributed by atoms with van der Waals surface area (Å²) in [5, 5.41) is 6.89. The van der Waals surface area contributed by atoms with Crippen molar-refractivity contribution >= 4 is 59.7 Å². The van der Waals surface area contributed by atoms with Crippen molar-refractivity contribution in [2.24, 2.45) is 0 Å². The molecule has 2 aromatic heterocycles. The van der Waals surface area contributed by atoms with E-state index in [9.17, 15) is 8.42 Å². The number of nitrogen functional groups attached to an aromatic ring is 1. The quantitative estimate of drug-likeness (QED) is 0.310. The molecule has 0 aliphatic carbocycles. The van der Waals surface area contributed by atoms with Crippen LogP contribution in [-0.4, -0.2) is 47.9 Å². The summed E-state index contributed by atoms with van der Waals surface area (Å²) in [5.41, 5.74) is 8.08. The average Bonchev–Trinajstić information content (AvgIpc) is 3.24. The number of sulfonamides is 1. The molecule has 0 aliphatic heterocycles. The Hall–Kier alpha value is -3.48. The average molecular weight is 500 g/mol. The summed E-state index contributed by atoms with van der Waals surface area (Å²) in [6.45, 7) is 4.44. The van der Waals surface area contributed by atoms with E-state index in [2.05, 4.69) is 25.6 Å². The number of ether oxygens (including phenoxy) is 1. The Kier molecular flexibility index (Phi) is 6.82. The van der Waals surface area contributed by atoms with Crippen molar-refractivity contribution in [2.75, 3.05) is 36.6 Å². The van der Waals surface area contributed by atoms with Gasteiger partial charge in [-0.2, -0.15) is 4.31 Å². The third-order valence-electron chi connectivity index (χ3n) is 5.17. The first-order valence-corrected chi connectivity index (χ1v) is 12.8. The summed E-state index contributed by atoms with van der Waals surface area (Å²) < 4.78 is 33.0. The maximum absolute atomic E-state index is 12.7. The molecule has 0 saturated carbocycles. The molecule has 12 heteroatoms. The highest BCUT2D eigenvalue weighted by Crippen LogP contribution is 2.33. The number of rotatable bonds is 9. The molecule has 4 N–H and O–H groups in total. The predicted molar refractivity (Wildman–Crippen MR) is 136 cm³/mol. The number of fused-ring (bicyclic) bond motifs is 1. The van der Waals surface area contributed by atoms with Crippen LogP contribution in [0.3, 0.4) is 0 Å². The van der Waals surface area contributed by atoms with E-state index in [1.807, 2.05) is 32.0 Å². The Balaban J connectivity index is 1.53. The fourth-order valence-electron chi connectivity index (χ4n) is 3.34. The van der Waals surface area contributed by atoms with E-state index in [-0.39, 0.29) is 4.90 Å². The zero-order valence-electron chi connectivity index (χ0n) is 18.9. The summed E-state index contributed by atoms with van der Waals surface area (Å²) in [6, 6.07) is 12.1. The van der Waals surface area contributed by atoms with Crippen molar-refractivity contribution in [2.45, 2.75) is 18.7 Å². The van der Waals surface area contributed by atoms with Gasteiger partial charge in [-0.1, -0.05) is 25.2 Å². The monoisotopic (exact) mass is 499 g/mol. The molecular weight excluding hydrogens is 474 g/mol. The normalized spacial score (nSPS) is 11.6. The first-order valence-electron chi connectivity index (χ1n) is 10.5. The number of anilines is 5. The second kappa shape index (κ2) is 9.79. The number of hydrogen-bond acceptors (Lipinski definition) is 10. The van der Waals surface area contributed by atoms with Crippen molar-refractivity contribution < 1.29 is 13.2 Å². The lowest BCUT2D eigenvalue weighted by molar-refractivity contribution is 0.415. The summed E-state index contributed by atoms with van der Waals surface area (Å²) >= 11 is 1.45. The molecule has 0 atom stereocenters. The molecule has 0 spiro atoms. The smallest absolute Gasteiger partial charge is 0.243 e. The van der Waals surface area contributed by atoms with E-state index in [1.54, 1.807) is 31.4 Å².